The number of aromatic nitrogens is 2. The number of imidazole rings is 1. The summed E-state index contributed by atoms with van der Waals surface area (Å²) in [6, 6.07) is 1.55. The van der Waals surface area contributed by atoms with Gasteiger partial charge in [0.1, 0.15) is 11.9 Å². The van der Waals surface area contributed by atoms with Gasteiger partial charge in [-0.15, -0.1) is 0 Å². The summed E-state index contributed by atoms with van der Waals surface area (Å²) in [4.78, 5) is 4.20. The lowest BCUT2D eigenvalue weighted by atomic mass is 10.2. The Morgan fingerprint density at radius 1 is 1.69 bits per heavy atom. The molecule has 0 bridgehead atoms. The van der Waals surface area contributed by atoms with Gasteiger partial charge in [-0.3, -0.25) is 0 Å². The van der Waals surface area contributed by atoms with Crippen LogP contribution in [0.5, 0.6) is 0 Å². The lowest BCUT2D eigenvalue weighted by Gasteiger charge is -2.10. The van der Waals surface area contributed by atoms with Crippen LogP contribution in [-0.4, -0.2) is 15.6 Å². The van der Waals surface area contributed by atoms with Crippen LogP contribution in [0.15, 0.2) is 12.4 Å². The second-order valence-electron chi connectivity index (χ2n) is 3.33. The maximum atomic E-state index is 8.55. The van der Waals surface area contributed by atoms with E-state index in [1.54, 1.807) is 6.20 Å². The number of nitrogens with zero attached hydrogens (tertiary/aromatic N) is 3. The van der Waals surface area contributed by atoms with Crippen LogP contribution >= 0.6 is 0 Å². The highest BCUT2D eigenvalue weighted by Crippen LogP contribution is 2.11. The summed E-state index contributed by atoms with van der Waals surface area (Å²) in [5, 5.41) is 8.55. The van der Waals surface area contributed by atoms with Crippen molar-refractivity contribution >= 4 is 0 Å². The van der Waals surface area contributed by atoms with Crippen molar-refractivity contribution < 1.29 is 0 Å². The predicted molar refractivity (Wildman–Crippen MR) is 49.9 cm³/mol. The lowest BCUT2D eigenvalue weighted by Crippen LogP contribution is -2.25. The zero-order valence-corrected chi connectivity index (χ0v) is 7.94. The first kappa shape index (κ1) is 9.75. The van der Waals surface area contributed by atoms with Crippen LogP contribution in [0.25, 0.3) is 0 Å². The largest absolute Gasteiger partial charge is 0.332 e. The van der Waals surface area contributed by atoms with Gasteiger partial charge in [-0.2, -0.15) is 5.26 Å². The Kier molecular flexibility index (Phi) is 3.04. The molecular formula is C9H14N4. The summed E-state index contributed by atoms with van der Waals surface area (Å²) < 4.78 is 1.93. The van der Waals surface area contributed by atoms with Crippen LogP contribution < -0.4 is 5.73 Å². The van der Waals surface area contributed by atoms with Crippen molar-refractivity contribution in [2.45, 2.75) is 32.4 Å². The monoisotopic (exact) mass is 178 g/mol. The molecule has 0 amide bonds. The van der Waals surface area contributed by atoms with Crippen LogP contribution in [0.4, 0.5) is 0 Å². The third kappa shape index (κ3) is 2.30. The summed E-state index contributed by atoms with van der Waals surface area (Å²) in [5.41, 5.74) is 5.52. The molecule has 2 N–H and O–H groups in total. The van der Waals surface area contributed by atoms with E-state index < -0.39 is 6.04 Å². The summed E-state index contributed by atoms with van der Waals surface area (Å²) in [6.45, 7) is 4.65. The Balaban J connectivity index is 2.78. The zero-order chi connectivity index (χ0) is 9.84. The molecule has 0 aliphatic rings. The van der Waals surface area contributed by atoms with E-state index in [4.69, 9.17) is 11.0 Å². The topological polar surface area (TPSA) is 67.6 Å². The van der Waals surface area contributed by atoms with Gasteiger partial charge >= 0.3 is 0 Å². The van der Waals surface area contributed by atoms with Gasteiger partial charge in [0.05, 0.1) is 12.6 Å². The van der Waals surface area contributed by atoms with Crippen LogP contribution in [-0.2, 0) is 6.54 Å². The van der Waals surface area contributed by atoms with E-state index in [1.165, 1.54) is 0 Å². The smallest absolute Gasteiger partial charge is 0.111 e. The molecule has 1 rings (SSSR count). The summed E-state index contributed by atoms with van der Waals surface area (Å²) in [7, 11) is 0. The van der Waals surface area contributed by atoms with Crippen LogP contribution in [0.1, 0.15) is 25.6 Å². The van der Waals surface area contributed by atoms with Crippen LogP contribution in [0.3, 0.4) is 0 Å². The Morgan fingerprint density at radius 2 is 2.38 bits per heavy atom. The first-order valence-electron chi connectivity index (χ1n) is 4.31. The molecule has 1 aromatic heterocycles. The highest BCUT2D eigenvalue weighted by molar-refractivity contribution is 5.00. The SMILES string of the molecule is CC(C)c1nccn1CC(N)C#N. The number of rotatable bonds is 3. The van der Waals surface area contributed by atoms with Crippen molar-refractivity contribution in [1.82, 2.24) is 9.55 Å². The fraction of sp³-hybridized carbons (Fsp3) is 0.556. The summed E-state index contributed by atoms with van der Waals surface area (Å²) in [6.07, 6.45) is 3.59. The average Bonchev–Trinajstić information content (AvgIpc) is 2.52. The van der Waals surface area contributed by atoms with Gasteiger partial charge in [0.25, 0.3) is 0 Å². The van der Waals surface area contributed by atoms with Crippen LogP contribution in [0.2, 0.25) is 0 Å². The number of nitriles is 1. The Bertz CT molecular complexity index is 308. The fourth-order valence-electron chi connectivity index (χ4n) is 1.23. The first-order chi connectivity index (χ1) is 6.15. The quantitative estimate of drug-likeness (QED) is 0.746. The van der Waals surface area contributed by atoms with E-state index in [-0.39, 0.29) is 0 Å². The average molecular weight is 178 g/mol. The van der Waals surface area contributed by atoms with Gasteiger partial charge in [0.15, 0.2) is 0 Å². The van der Waals surface area contributed by atoms with Crippen molar-refractivity contribution in [3.05, 3.63) is 18.2 Å². The van der Waals surface area contributed by atoms with E-state index in [9.17, 15) is 0 Å². The van der Waals surface area contributed by atoms with Crippen molar-refractivity contribution in [3.8, 4) is 6.07 Å². The molecule has 1 heterocycles. The highest BCUT2D eigenvalue weighted by Gasteiger charge is 2.09. The molecular weight excluding hydrogens is 164 g/mol. The van der Waals surface area contributed by atoms with E-state index in [2.05, 4.69) is 18.8 Å². The van der Waals surface area contributed by atoms with Gasteiger partial charge in [0.2, 0.25) is 0 Å². The first-order valence-corrected chi connectivity index (χ1v) is 4.31. The van der Waals surface area contributed by atoms with Crippen molar-refractivity contribution in [3.63, 3.8) is 0 Å². The second kappa shape index (κ2) is 4.06. The molecule has 0 saturated carbocycles. The molecule has 0 aromatic carbocycles. The Hall–Kier alpha value is -1.34. The number of hydrogen-bond donors (Lipinski definition) is 1. The van der Waals surface area contributed by atoms with Crippen molar-refractivity contribution in [1.29, 1.82) is 5.26 Å². The third-order valence-corrected chi connectivity index (χ3v) is 1.82. The van der Waals surface area contributed by atoms with Crippen molar-refractivity contribution in [2.75, 3.05) is 0 Å². The Morgan fingerprint density at radius 3 is 2.92 bits per heavy atom. The summed E-state index contributed by atoms with van der Waals surface area (Å²) in [5.74, 6) is 1.34. The molecule has 0 radical (unpaired) electrons. The second-order valence-corrected chi connectivity index (χ2v) is 3.33. The number of hydrogen-bond acceptors (Lipinski definition) is 3. The van der Waals surface area contributed by atoms with Gasteiger partial charge in [-0.25, -0.2) is 4.98 Å². The minimum Gasteiger partial charge on any atom is -0.332 e. The molecule has 13 heavy (non-hydrogen) atoms. The van der Waals surface area contributed by atoms with Gasteiger partial charge < -0.3 is 10.3 Å². The maximum Gasteiger partial charge on any atom is 0.111 e. The molecule has 70 valence electrons. The van der Waals surface area contributed by atoms with E-state index in [1.807, 2.05) is 16.8 Å². The molecule has 0 saturated heterocycles. The van der Waals surface area contributed by atoms with Gasteiger partial charge in [-0.05, 0) is 0 Å². The normalized spacial score (nSPS) is 12.8. The van der Waals surface area contributed by atoms with E-state index >= 15 is 0 Å². The van der Waals surface area contributed by atoms with Gasteiger partial charge in [-0.1, -0.05) is 13.8 Å². The fourth-order valence-corrected chi connectivity index (χ4v) is 1.23. The predicted octanol–water partition coefficient (Wildman–Crippen LogP) is 0.857. The molecule has 1 atom stereocenters. The molecule has 4 nitrogen and oxygen atoms in total. The van der Waals surface area contributed by atoms with Crippen LogP contribution in [0, 0.1) is 11.3 Å². The highest BCUT2D eigenvalue weighted by atomic mass is 15.1. The molecule has 4 heteroatoms. The summed E-state index contributed by atoms with van der Waals surface area (Å²) >= 11 is 0. The molecule has 0 aliphatic carbocycles. The van der Waals surface area contributed by atoms with Crippen molar-refractivity contribution in [2.24, 2.45) is 5.73 Å². The molecule has 1 aromatic rings. The number of nitrogens with two attached hydrogens (primary N) is 1. The van der Waals surface area contributed by atoms with Gasteiger partial charge in [0, 0.05) is 18.3 Å². The molecule has 1 unspecified atom stereocenters. The molecule has 0 fully saturated rings. The molecule has 0 aliphatic heterocycles. The standard InChI is InChI=1S/C9H14N4/c1-7(2)9-12-3-4-13(9)6-8(11)5-10/h3-4,7-8H,6,11H2,1-2H3. The lowest BCUT2D eigenvalue weighted by molar-refractivity contribution is 0.585. The van der Waals surface area contributed by atoms with E-state index in [0.717, 1.165) is 5.82 Å². The molecule has 0 spiro atoms. The maximum absolute atomic E-state index is 8.55. The Labute approximate surface area is 78.0 Å². The van der Waals surface area contributed by atoms with E-state index in [0.29, 0.717) is 12.5 Å². The zero-order valence-electron chi connectivity index (χ0n) is 7.94. The minimum atomic E-state index is -0.452. The minimum absolute atomic E-state index is 0.362. The third-order valence-electron chi connectivity index (χ3n) is 1.82.